The van der Waals surface area contributed by atoms with Crippen LogP contribution in [0.2, 0.25) is 0 Å². The normalized spacial score (nSPS) is 15.3. The first-order valence-electron chi connectivity index (χ1n) is 7.65. The van der Waals surface area contributed by atoms with Crippen molar-refractivity contribution in [2.24, 2.45) is 0 Å². The van der Waals surface area contributed by atoms with Crippen molar-refractivity contribution in [1.29, 1.82) is 0 Å². The minimum Gasteiger partial charge on any atom is -0.221 e. The molecule has 0 aliphatic heterocycles. The van der Waals surface area contributed by atoms with E-state index in [2.05, 4.69) is 6.07 Å². The van der Waals surface area contributed by atoms with E-state index in [4.69, 9.17) is 0 Å². The molecule has 0 amide bonds. The highest BCUT2D eigenvalue weighted by atomic mass is 19.4. The van der Waals surface area contributed by atoms with Crippen LogP contribution in [0.1, 0.15) is 16.7 Å². The van der Waals surface area contributed by atoms with Crippen molar-refractivity contribution in [3.05, 3.63) is 58.7 Å². The van der Waals surface area contributed by atoms with E-state index in [1.165, 1.54) is 0 Å². The van der Waals surface area contributed by atoms with E-state index in [-0.39, 0.29) is 6.07 Å². The molecule has 1 atom stereocenters. The van der Waals surface area contributed by atoms with Crippen LogP contribution in [0.4, 0.5) is 48.3 Å². The van der Waals surface area contributed by atoms with E-state index >= 15 is 4.39 Å². The number of alkyl halides is 9. The Morgan fingerprint density at radius 2 is 1.34 bits per heavy atom. The molecule has 0 saturated carbocycles. The summed E-state index contributed by atoms with van der Waals surface area (Å²) < 4.78 is 149. The molecule has 0 bridgehead atoms. The standard InChI is InChI=1S/C18H10F11/c1-8-6-9(2)13(10-4-3-5-12(19)14(10)20)11(7-8)15(21,17(24,25)26)16(22,23)18(27,28)29/h3-5,7H,1-2H3. The Morgan fingerprint density at radius 3 is 1.83 bits per heavy atom. The molecule has 159 valence electrons. The Bertz CT molecular complexity index is 925. The van der Waals surface area contributed by atoms with Crippen LogP contribution < -0.4 is 0 Å². The Morgan fingerprint density at radius 1 is 0.793 bits per heavy atom. The second-order valence-electron chi connectivity index (χ2n) is 6.20. The van der Waals surface area contributed by atoms with Crippen molar-refractivity contribution in [1.82, 2.24) is 0 Å². The molecule has 11 heteroatoms. The maximum Gasteiger partial charge on any atom is 0.457 e. The fourth-order valence-corrected chi connectivity index (χ4v) is 2.90. The first kappa shape index (κ1) is 23.0. The number of rotatable bonds is 3. The van der Waals surface area contributed by atoms with Crippen LogP contribution in [-0.2, 0) is 5.67 Å². The fraction of sp³-hybridized carbons (Fsp3) is 0.333. The van der Waals surface area contributed by atoms with Gasteiger partial charge in [-0.15, -0.1) is 0 Å². The highest BCUT2D eigenvalue weighted by Gasteiger charge is 2.82. The van der Waals surface area contributed by atoms with Crippen LogP contribution >= 0.6 is 0 Å². The SMILES string of the molecule is Cc1[c]c(C)c(-c2cccc(F)c2F)c(C(F)(C(F)(F)F)C(F)(F)C(F)(F)F)c1. The zero-order valence-corrected chi connectivity index (χ0v) is 14.5. The van der Waals surface area contributed by atoms with Gasteiger partial charge in [-0.1, -0.05) is 18.2 Å². The molecule has 2 aromatic carbocycles. The number of benzene rings is 2. The van der Waals surface area contributed by atoms with Gasteiger partial charge in [0.2, 0.25) is 0 Å². The molecule has 0 aromatic heterocycles. The molecule has 0 spiro atoms. The summed E-state index contributed by atoms with van der Waals surface area (Å²) in [7, 11) is 0. The molecular weight excluding hydrogens is 425 g/mol. The lowest BCUT2D eigenvalue weighted by molar-refractivity contribution is -0.389. The summed E-state index contributed by atoms with van der Waals surface area (Å²) in [5, 5.41) is 0. The first-order valence-corrected chi connectivity index (χ1v) is 7.65. The third-order valence-corrected chi connectivity index (χ3v) is 4.16. The molecule has 1 unspecified atom stereocenters. The fourth-order valence-electron chi connectivity index (χ4n) is 2.90. The minimum atomic E-state index is -6.95. The largest absolute Gasteiger partial charge is 0.457 e. The average Bonchev–Trinajstić information content (AvgIpc) is 2.54. The zero-order valence-electron chi connectivity index (χ0n) is 14.5. The van der Waals surface area contributed by atoms with Gasteiger partial charge in [0.05, 0.1) is 0 Å². The summed E-state index contributed by atoms with van der Waals surface area (Å²) in [6, 6.07) is 4.27. The average molecular weight is 435 g/mol. The molecule has 2 aromatic rings. The molecule has 0 aliphatic carbocycles. The lowest BCUT2D eigenvalue weighted by atomic mass is 9.80. The summed E-state index contributed by atoms with van der Waals surface area (Å²) in [5.74, 6) is -10.4. The maximum atomic E-state index is 15.0. The predicted octanol–water partition coefficient (Wildman–Crippen LogP) is 6.97. The van der Waals surface area contributed by atoms with Crippen LogP contribution in [0.15, 0.2) is 24.3 Å². The Labute approximate surface area is 156 Å². The van der Waals surface area contributed by atoms with Gasteiger partial charge < -0.3 is 0 Å². The highest BCUT2D eigenvalue weighted by molar-refractivity contribution is 5.73. The van der Waals surface area contributed by atoms with Crippen LogP contribution in [-0.4, -0.2) is 18.3 Å². The molecule has 2 rings (SSSR count). The third-order valence-electron chi connectivity index (χ3n) is 4.16. The van der Waals surface area contributed by atoms with Gasteiger partial charge in [0.15, 0.2) is 11.6 Å². The predicted molar refractivity (Wildman–Crippen MR) is 79.9 cm³/mol. The molecule has 0 saturated heterocycles. The first-order chi connectivity index (χ1) is 13.0. The van der Waals surface area contributed by atoms with E-state index in [1.54, 1.807) is 0 Å². The monoisotopic (exact) mass is 435 g/mol. The minimum absolute atomic E-state index is 0.0554. The van der Waals surface area contributed by atoms with Crippen molar-refractivity contribution in [3.63, 3.8) is 0 Å². The van der Waals surface area contributed by atoms with Gasteiger partial charge >= 0.3 is 23.9 Å². The number of halogens is 11. The number of hydrogen-bond acceptors (Lipinski definition) is 0. The molecule has 29 heavy (non-hydrogen) atoms. The molecule has 0 N–H and O–H groups in total. The van der Waals surface area contributed by atoms with Gasteiger partial charge in [-0.05, 0) is 42.7 Å². The molecule has 0 fully saturated rings. The van der Waals surface area contributed by atoms with Crippen molar-refractivity contribution in [3.8, 4) is 11.1 Å². The quantitative estimate of drug-likeness (QED) is 0.457. The maximum absolute atomic E-state index is 15.0. The van der Waals surface area contributed by atoms with Gasteiger partial charge in [-0.3, -0.25) is 0 Å². The Balaban J connectivity index is 3.07. The van der Waals surface area contributed by atoms with Gasteiger partial charge in [0.1, 0.15) is 0 Å². The molecule has 0 heterocycles. The van der Waals surface area contributed by atoms with Crippen molar-refractivity contribution >= 4 is 0 Å². The Kier molecular flexibility index (Phi) is 5.44. The van der Waals surface area contributed by atoms with Crippen LogP contribution in [0.3, 0.4) is 0 Å². The molecule has 0 nitrogen and oxygen atoms in total. The second kappa shape index (κ2) is 6.88. The molecule has 1 radical (unpaired) electrons. The van der Waals surface area contributed by atoms with Crippen LogP contribution in [0.5, 0.6) is 0 Å². The number of hydrogen-bond donors (Lipinski definition) is 0. The van der Waals surface area contributed by atoms with E-state index < -0.39 is 63.4 Å². The van der Waals surface area contributed by atoms with Crippen molar-refractivity contribution in [2.75, 3.05) is 0 Å². The summed E-state index contributed by atoms with van der Waals surface area (Å²) in [4.78, 5) is 0. The van der Waals surface area contributed by atoms with E-state index in [9.17, 15) is 43.9 Å². The van der Waals surface area contributed by atoms with E-state index in [0.29, 0.717) is 12.1 Å². The van der Waals surface area contributed by atoms with E-state index in [0.717, 1.165) is 19.9 Å². The Hall–Kier alpha value is -2.33. The zero-order chi connectivity index (χ0) is 22.6. The molecule has 0 aliphatic rings. The second-order valence-corrected chi connectivity index (χ2v) is 6.20. The van der Waals surface area contributed by atoms with Gasteiger partial charge in [0.25, 0.3) is 0 Å². The van der Waals surface area contributed by atoms with Gasteiger partial charge in [0, 0.05) is 11.1 Å². The summed E-state index contributed by atoms with van der Waals surface area (Å²) in [5.41, 5.74) is -12.0. The van der Waals surface area contributed by atoms with E-state index in [1.807, 2.05) is 0 Å². The van der Waals surface area contributed by atoms with Crippen molar-refractivity contribution in [2.45, 2.75) is 37.8 Å². The topological polar surface area (TPSA) is 0 Å². The highest BCUT2D eigenvalue weighted by Crippen LogP contribution is 2.60. The lowest BCUT2D eigenvalue weighted by Gasteiger charge is -2.37. The van der Waals surface area contributed by atoms with Gasteiger partial charge in [-0.25, -0.2) is 13.2 Å². The van der Waals surface area contributed by atoms with Gasteiger partial charge in [-0.2, -0.15) is 35.1 Å². The molecular formula is C18H10F11. The smallest absolute Gasteiger partial charge is 0.221 e. The summed E-state index contributed by atoms with van der Waals surface area (Å²) in [6.07, 6.45) is -13.7. The summed E-state index contributed by atoms with van der Waals surface area (Å²) in [6.45, 7) is 1.85. The third kappa shape index (κ3) is 3.44. The number of aryl methyl sites for hydroxylation is 2. The van der Waals surface area contributed by atoms with Crippen LogP contribution in [0, 0.1) is 31.5 Å². The van der Waals surface area contributed by atoms with Crippen molar-refractivity contribution < 1.29 is 48.3 Å². The lowest BCUT2D eigenvalue weighted by Crippen LogP contribution is -2.60. The summed E-state index contributed by atoms with van der Waals surface area (Å²) >= 11 is 0. The van der Waals surface area contributed by atoms with Crippen LogP contribution in [0.25, 0.3) is 11.1 Å².